The van der Waals surface area contributed by atoms with Gasteiger partial charge in [0.25, 0.3) is 0 Å². The standard InChI is InChI=1S/C33H54N2O6/c1-31-13-11-23(41-29(38)19-35(6,7)8)16-22(31)9-10-26-25(31)12-14-32(2)30(21-15-28(37)40-20-21)24(17-33(26,32)39)27(36)18-34(3,4)5/h15,22-26,30,39H,9-14,16-20H2,1-8H3/q+2/t22-,23-,24+,25-,26+,30-,31-,32+,33-/m0/s1. The monoisotopic (exact) mass is 574 g/mol. The first-order chi connectivity index (χ1) is 18.9. The summed E-state index contributed by atoms with van der Waals surface area (Å²) in [5, 5.41) is 12.9. The van der Waals surface area contributed by atoms with E-state index in [1.807, 2.05) is 42.3 Å². The summed E-state index contributed by atoms with van der Waals surface area (Å²) in [5.41, 5.74) is -0.488. The van der Waals surface area contributed by atoms with E-state index in [1.54, 1.807) is 6.08 Å². The molecule has 1 N–H and O–H groups in total. The minimum atomic E-state index is -0.972. The molecule has 9 atom stereocenters. The molecule has 1 heterocycles. The van der Waals surface area contributed by atoms with E-state index < -0.39 is 11.0 Å². The first kappa shape index (κ1) is 30.7. The second-order valence-electron chi connectivity index (χ2n) is 16.7. The van der Waals surface area contributed by atoms with Crippen molar-refractivity contribution in [3.63, 3.8) is 0 Å². The lowest BCUT2D eigenvalue weighted by molar-refractivity contribution is -0.862. The molecule has 41 heavy (non-hydrogen) atoms. The van der Waals surface area contributed by atoms with Crippen molar-refractivity contribution >= 4 is 17.7 Å². The van der Waals surface area contributed by atoms with E-state index in [0.29, 0.717) is 40.3 Å². The zero-order valence-corrected chi connectivity index (χ0v) is 26.7. The van der Waals surface area contributed by atoms with Crippen LogP contribution in [0.25, 0.3) is 0 Å². The van der Waals surface area contributed by atoms with Crippen molar-refractivity contribution in [2.24, 2.45) is 40.4 Å². The molecule has 0 aromatic rings. The van der Waals surface area contributed by atoms with Crippen LogP contribution in [0.1, 0.15) is 65.2 Å². The average Bonchev–Trinajstić information content (AvgIpc) is 3.34. The molecule has 4 fully saturated rings. The minimum Gasteiger partial charge on any atom is -0.458 e. The lowest BCUT2D eigenvalue weighted by Gasteiger charge is -2.63. The summed E-state index contributed by atoms with van der Waals surface area (Å²) in [4.78, 5) is 38.6. The third-order valence-corrected chi connectivity index (χ3v) is 11.9. The number of aliphatic hydroxyl groups is 1. The number of rotatable bonds is 7. The molecular weight excluding hydrogens is 520 g/mol. The first-order valence-corrected chi connectivity index (χ1v) is 15.8. The Bertz CT molecular complexity index is 1120. The SMILES string of the molecule is C[C@]12CC[C@H](OC(=O)C[N+](C)(C)C)C[C@@H]1CC[C@@H]1[C@@H]2CC[C@]2(C)[C@@H](C3=CC(=O)OC3)[C@@H](C(=O)C[N+](C)(C)C)C[C@]12O. The van der Waals surface area contributed by atoms with Crippen molar-refractivity contribution in [2.45, 2.75) is 76.9 Å². The summed E-state index contributed by atoms with van der Waals surface area (Å²) in [5.74, 6) is 0.173. The second-order valence-corrected chi connectivity index (χ2v) is 16.7. The van der Waals surface area contributed by atoms with Crippen LogP contribution < -0.4 is 0 Å². The number of hydrogen-bond donors (Lipinski definition) is 1. The van der Waals surface area contributed by atoms with Gasteiger partial charge in [0.15, 0.2) is 12.3 Å². The second kappa shape index (κ2) is 10.2. The maximum Gasteiger partial charge on any atom is 0.362 e. The van der Waals surface area contributed by atoms with E-state index in [0.717, 1.165) is 50.5 Å². The number of carbonyl (C=O) groups is 3. The van der Waals surface area contributed by atoms with Gasteiger partial charge in [0.1, 0.15) is 19.3 Å². The number of likely N-dealkylation sites (N-methyl/N-ethyl adjacent to an activating group) is 2. The van der Waals surface area contributed by atoms with E-state index in [-0.39, 0.29) is 53.6 Å². The Morgan fingerprint density at radius 1 is 0.976 bits per heavy atom. The Balaban J connectivity index is 1.40. The molecule has 8 heteroatoms. The highest BCUT2D eigenvalue weighted by Crippen LogP contribution is 2.71. The molecule has 0 unspecified atom stereocenters. The van der Waals surface area contributed by atoms with Crippen molar-refractivity contribution < 1.29 is 37.9 Å². The Morgan fingerprint density at radius 2 is 1.66 bits per heavy atom. The molecule has 0 aromatic carbocycles. The molecule has 5 rings (SSSR count). The maximum absolute atomic E-state index is 13.9. The van der Waals surface area contributed by atoms with E-state index >= 15 is 0 Å². The summed E-state index contributed by atoms with van der Waals surface area (Å²) >= 11 is 0. The number of cyclic esters (lactones) is 1. The van der Waals surface area contributed by atoms with Gasteiger partial charge in [0, 0.05) is 23.3 Å². The van der Waals surface area contributed by atoms with Crippen LogP contribution in [0.2, 0.25) is 0 Å². The van der Waals surface area contributed by atoms with Crippen molar-refractivity contribution in [3.8, 4) is 0 Å². The fraction of sp³-hybridized carbons (Fsp3) is 0.848. The number of quaternary nitrogens is 2. The molecule has 0 spiro atoms. The van der Waals surface area contributed by atoms with Crippen LogP contribution in [0.3, 0.4) is 0 Å². The zero-order chi connectivity index (χ0) is 30.2. The fourth-order valence-electron chi connectivity index (χ4n) is 10.1. The van der Waals surface area contributed by atoms with Gasteiger partial charge in [-0.15, -0.1) is 0 Å². The molecule has 0 amide bonds. The third kappa shape index (κ3) is 5.42. The molecular formula is C33H54N2O6+2. The van der Waals surface area contributed by atoms with Crippen LogP contribution >= 0.6 is 0 Å². The van der Waals surface area contributed by atoms with Crippen molar-refractivity contribution in [3.05, 3.63) is 11.6 Å². The van der Waals surface area contributed by atoms with Gasteiger partial charge < -0.3 is 23.5 Å². The lowest BCUT2D eigenvalue weighted by Crippen LogP contribution is -2.62. The van der Waals surface area contributed by atoms with Gasteiger partial charge in [0.2, 0.25) is 0 Å². The molecule has 8 nitrogen and oxygen atoms in total. The Morgan fingerprint density at radius 3 is 2.27 bits per heavy atom. The highest BCUT2D eigenvalue weighted by atomic mass is 16.5. The quantitative estimate of drug-likeness (QED) is 0.371. The minimum absolute atomic E-state index is 0.0270. The van der Waals surface area contributed by atoms with Crippen LogP contribution in [0.5, 0.6) is 0 Å². The zero-order valence-electron chi connectivity index (χ0n) is 26.7. The van der Waals surface area contributed by atoms with E-state index in [4.69, 9.17) is 9.47 Å². The summed E-state index contributed by atoms with van der Waals surface area (Å²) in [6.45, 7) is 5.61. The number of carbonyl (C=O) groups excluding carboxylic acids is 3. The Hall–Kier alpha value is -1.77. The molecule has 0 bridgehead atoms. The number of esters is 2. The summed E-state index contributed by atoms with van der Waals surface area (Å²) in [6.07, 6.45) is 8.57. The third-order valence-electron chi connectivity index (χ3n) is 11.9. The van der Waals surface area contributed by atoms with E-state index in [9.17, 15) is 19.5 Å². The van der Waals surface area contributed by atoms with Gasteiger partial charge in [-0.3, -0.25) is 4.79 Å². The van der Waals surface area contributed by atoms with E-state index in [1.165, 1.54) is 0 Å². The predicted octanol–water partition coefficient (Wildman–Crippen LogP) is 3.36. The van der Waals surface area contributed by atoms with Crippen LogP contribution in [0.4, 0.5) is 0 Å². The van der Waals surface area contributed by atoms with Crippen LogP contribution in [-0.4, -0.2) is 105 Å². The van der Waals surface area contributed by atoms with Gasteiger partial charge in [-0.1, -0.05) is 13.8 Å². The topological polar surface area (TPSA) is 89.9 Å². The van der Waals surface area contributed by atoms with Gasteiger partial charge in [-0.25, -0.2) is 9.59 Å². The van der Waals surface area contributed by atoms with Gasteiger partial charge in [-0.05, 0) is 80.1 Å². The number of fused-ring (bicyclic) bond motifs is 5. The normalized spacial score (nSPS) is 42.5. The molecule has 4 saturated carbocycles. The Kier molecular flexibility index (Phi) is 7.60. The molecule has 230 valence electrons. The average molecular weight is 575 g/mol. The lowest BCUT2D eigenvalue weighted by atomic mass is 9.43. The van der Waals surface area contributed by atoms with E-state index in [2.05, 4.69) is 13.8 Å². The van der Waals surface area contributed by atoms with Crippen LogP contribution in [-0.2, 0) is 23.9 Å². The number of hydrogen-bond acceptors (Lipinski definition) is 6. The van der Waals surface area contributed by atoms with Crippen molar-refractivity contribution in [1.29, 1.82) is 0 Å². The summed E-state index contributed by atoms with van der Waals surface area (Å²) in [6, 6.07) is 0. The van der Waals surface area contributed by atoms with Gasteiger partial charge >= 0.3 is 11.9 Å². The molecule has 5 aliphatic rings. The molecule has 0 aromatic heterocycles. The smallest absolute Gasteiger partial charge is 0.362 e. The summed E-state index contributed by atoms with van der Waals surface area (Å²) in [7, 11) is 12.1. The number of ether oxygens (including phenoxy) is 2. The van der Waals surface area contributed by atoms with Crippen molar-refractivity contribution in [2.75, 3.05) is 62.0 Å². The number of nitrogens with zero attached hydrogens (tertiary/aromatic N) is 2. The fourth-order valence-corrected chi connectivity index (χ4v) is 10.1. The molecule has 1 aliphatic heterocycles. The highest BCUT2D eigenvalue weighted by molar-refractivity contribution is 5.87. The molecule has 0 radical (unpaired) electrons. The van der Waals surface area contributed by atoms with Crippen molar-refractivity contribution in [1.82, 2.24) is 0 Å². The Labute approximate surface area is 246 Å². The number of ketones is 1. The largest absolute Gasteiger partial charge is 0.458 e. The molecule has 4 aliphatic carbocycles. The summed E-state index contributed by atoms with van der Waals surface area (Å²) < 4.78 is 12.4. The van der Waals surface area contributed by atoms with Gasteiger partial charge in [-0.2, -0.15) is 0 Å². The molecule has 0 saturated heterocycles. The highest BCUT2D eigenvalue weighted by Gasteiger charge is 2.71. The van der Waals surface area contributed by atoms with Gasteiger partial charge in [0.05, 0.1) is 47.9 Å². The van der Waals surface area contributed by atoms with Crippen LogP contribution in [0.15, 0.2) is 11.6 Å². The number of Topliss-reactive ketones (excluding diaryl/α,β-unsaturated/α-hetero) is 1. The predicted molar refractivity (Wildman–Crippen MR) is 155 cm³/mol. The first-order valence-electron chi connectivity index (χ1n) is 15.8. The van der Waals surface area contributed by atoms with Crippen LogP contribution in [0, 0.1) is 40.4 Å². The maximum atomic E-state index is 13.9.